The first-order valence-corrected chi connectivity index (χ1v) is 5.49. The van der Waals surface area contributed by atoms with Crippen molar-refractivity contribution >= 4 is 5.91 Å². The normalized spacial score (nSPS) is 27.8. The molecule has 0 unspecified atom stereocenters. The molecule has 1 aliphatic carbocycles. The molecule has 0 atom stereocenters. The largest absolute Gasteiger partial charge is 0.342 e. The Balaban J connectivity index is 2.01. The summed E-state index contributed by atoms with van der Waals surface area (Å²) in [6.07, 6.45) is 3.12. The molecule has 0 aromatic heterocycles. The molecule has 1 amide bonds. The zero-order chi connectivity index (χ0) is 10.4. The van der Waals surface area contributed by atoms with Crippen molar-refractivity contribution in [2.75, 3.05) is 19.6 Å². The maximum atomic E-state index is 12.1. The topological polar surface area (TPSA) is 46.3 Å². The van der Waals surface area contributed by atoms with Crippen molar-refractivity contribution in [2.24, 2.45) is 16.6 Å². The van der Waals surface area contributed by atoms with E-state index in [9.17, 15) is 4.79 Å². The van der Waals surface area contributed by atoms with Crippen LogP contribution in [0.2, 0.25) is 0 Å². The van der Waals surface area contributed by atoms with Gasteiger partial charge < -0.3 is 10.6 Å². The highest BCUT2D eigenvalue weighted by Gasteiger charge is 2.51. The van der Waals surface area contributed by atoms with Gasteiger partial charge >= 0.3 is 0 Å². The number of hydrogen-bond acceptors (Lipinski definition) is 2. The molecule has 2 aliphatic rings. The van der Waals surface area contributed by atoms with Crippen LogP contribution in [0.3, 0.4) is 0 Å². The number of carbonyl (C=O) groups excluding carboxylic acids is 1. The van der Waals surface area contributed by atoms with E-state index < -0.39 is 0 Å². The third kappa shape index (κ3) is 1.54. The summed E-state index contributed by atoms with van der Waals surface area (Å²) in [6.45, 7) is 6.81. The standard InChI is InChI=1S/C11H20N2O/c1-10(2)5-6-13(8-10)9(14)11(7-12)3-4-11/h3-8,12H2,1-2H3. The van der Waals surface area contributed by atoms with Crippen LogP contribution >= 0.6 is 0 Å². The Hall–Kier alpha value is -0.570. The van der Waals surface area contributed by atoms with Crippen LogP contribution in [0.4, 0.5) is 0 Å². The lowest BCUT2D eigenvalue weighted by Crippen LogP contribution is -2.39. The molecule has 14 heavy (non-hydrogen) atoms. The van der Waals surface area contributed by atoms with E-state index >= 15 is 0 Å². The van der Waals surface area contributed by atoms with E-state index in [4.69, 9.17) is 5.73 Å². The third-order valence-corrected chi connectivity index (χ3v) is 3.66. The summed E-state index contributed by atoms with van der Waals surface area (Å²) in [5.41, 5.74) is 5.81. The van der Waals surface area contributed by atoms with Gasteiger partial charge in [-0.2, -0.15) is 0 Å². The second-order valence-electron chi connectivity index (χ2n) is 5.63. The lowest BCUT2D eigenvalue weighted by atomic mass is 9.93. The minimum Gasteiger partial charge on any atom is -0.342 e. The Labute approximate surface area is 85.6 Å². The SMILES string of the molecule is CC1(C)CCN(C(=O)C2(CN)CC2)C1. The molecule has 80 valence electrons. The number of rotatable bonds is 2. The van der Waals surface area contributed by atoms with Gasteiger partial charge in [0, 0.05) is 19.6 Å². The van der Waals surface area contributed by atoms with E-state index in [0.717, 1.165) is 32.4 Å². The molecule has 1 aliphatic heterocycles. The van der Waals surface area contributed by atoms with E-state index in [2.05, 4.69) is 13.8 Å². The lowest BCUT2D eigenvalue weighted by molar-refractivity contribution is -0.135. The number of hydrogen-bond donors (Lipinski definition) is 1. The van der Waals surface area contributed by atoms with Crippen molar-refractivity contribution in [3.63, 3.8) is 0 Å². The summed E-state index contributed by atoms with van der Waals surface area (Å²) >= 11 is 0. The molecular weight excluding hydrogens is 176 g/mol. The smallest absolute Gasteiger partial charge is 0.230 e. The molecule has 3 nitrogen and oxygen atoms in total. The van der Waals surface area contributed by atoms with Crippen molar-refractivity contribution in [3.8, 4) is 0 Å². The van der Waals surface area contributed by atoms with Crippen molar-refractivity contribution in [3.05, 3.63) is 0 Å². The lowest BCUT2D eigenvalue weighted by Gasteiger charge is -2.23. The zero-order valence-electron chi connectivity index (χ0n) is 9.18. The van der Waals surface area contributed by atoms with Gasteiger partial charge in [-0.3, -0.25) is 4.79 Å². The molecule has 0 spiro atoms. The second kappa shape index (κ2) is 2.96. The van der Waals surface area contributed by atoms with Gasteiger partial charge in [-0.05, 0) is 24.7 Å². The quantitative estimate of drug-likeness (QED) is 0.715. The van der Waals surface area contributed by atoms with E-state index in [1.54, 1.807) is 0 Å². The minimum atomic E-state index is -0.152. The number of amides is 1. The van der Waals surface area contributed by atoms with Crippen molar-refractivity contribution in [1.29, 1.82) is 0 Å². The first-order chi connectivity index (χ1) is 6.49. The van der Waals surface area contributed by atoms with Crippen LogP contribution < -0.4 is 5.73 Å². The molecule has 1 saturated carbocycles. The average molecular weight is 196 g/mol. The molecule has 0 aromatic rings. The van der Waals surface area contributed by atoms with E-state index in [1.807, 2.05) is 4.90 Å². The summed E-state index contributed by atoms with van der Waals surface area (Å²) in [5, 5.41) is 0. The maximum absolute atomic E-state index is 12.1. The summed E-state index contributed by atoms with van der Waals surface area (Å²) < 4.78 is 0. The molecule has 2 rings (SSSR count). The summed E-state index contributed by atoms with van der Waals surface area (Å²) in [7, 11) is 0. The van der Waals surface area contributed by atoms with Gasteiger partial charge in [0.25, 0.3) is 0 Å². The van der Waals surface area contributed by atoms with Crippen LogP contribution in [0.5, 0.6) is 0 Å². The predicted molar refractivity (Wildman–Crippen MR) is 55.7 cm³/mol. The first-order valence-electron chi connectivity index (χ1n) is 5.49. The van der Waals surface area contributed by atoms with Crippen LogP contribution in [0.25, 0.3) is 0 Å². The highest BCUT2D eigenvalue weighted by atomic mass is 16.2. The van der Waals surface area contributed by atoms with Gasteiger partial charge in [0.1, 0.15) is 0 Å². The van der Waals surface area contributed by atoms with Crippen molar-refractivity contribution in [1.82, 2.24) is 4.90 Å². The Kier molecular flexibility index (Phi) is 2.11. The highest BCUT2D eigenvalue weighted by molar-refractivity contribution is 5.86. The Bertz CT molecular complexity index is 256. The first kappa shape index (κ1) is 9.97. The molecule has 3 heteroatoms. The van der Waals surface area contributed by atoms with Crippen LogP contribution in [0.1, 0.15) is 33.1 Å². The van der Waals surface area contributed by atoms with Gasteiger partial charge in [0.15, 0.2) is 0 Å². The molecule has 0 radical (unpaired) electrons. The fraction of sp³-hybridized carbons (Fsp3) is 0.909. The average Bonchev–Trinajstić information content (AvgIpc) is 2.85. The van der Waals surface area contributed by atoms with Gasteiger partial charge in [-0.15, -0.1) is 0 Å². The predicted octanol–water partition coefficient (Wildman–Crippen LogP) is 0.984. The van der Waals surface area contributed by atoms with Crippen LogP contribution in [0, 0.1) is 10.8 Å². The summed E-state index contributed by atoms with van der Waals surface area (Å²) in [5.74, 6) is 0.311. The van der Waals surface area contributed by atoms with Crippen molar-refractivity contribution in [2.45, 2.75) is 33.1 Å². The van der Waals surface area contributed by atoms with Gasteiger partial charge in [0.2, 0.25) is 5.91 Å². The minimum absolute atomic E-state index is 0.152. The van der Waals surface area contributed by atoms with E-state index in [-0.39, 0.29) is 5.41 Å². The maximum Gasteiger partial charge on any atom is 0.230 e. The monoisotopic (exact) mass is 196 g/mol. The molecule has 2 fully saturated rings. The van der Waals surface area contributed by atoms with Gasteiger partial charge in [-0.25, -0.2) is 0 Å². The van der Waals surface area contributed by atoms with E-state index in [0.29, 0.717) is 17.9 Å². The molecule has 1 heterocycles. The van der Waals surface area contributed by atoms with Crippen molar-refractivity contribution < 1.29 is 4.79 Å². The summed E-state index contributed by atoms with van der Waals surface area (Å²) in [4.78, 5) is 14.1. The highest BCUT2D eigenvalue weighted by Crippen LogP contribution is 2.47. The molecular formula is C11H20N2O. The van der Waals surface area contributed by atoms with Gasteiger partial charge in [0.05, 0.1) is 5.41 Å². The fourth-order valence-electron chi connectivity index (χ4n) is 2.28. The zero-order valence-corrected chi connectivity index (χ0v) is 9.18. The number of carbonyl (C=O) groups is 1. The number of likely N-dealkylation sites (tertiary alicyclic amines) is 1. The van der Waals surface area contributed by atoms with Gasteiger partial charge in [-0.1, -0.05) is 13.8 Å². The number of nitrogens with two attached hydrogens (primary N) is 1. The molecule has 2 N–H and O–H groups in total. The third-order valence-electron chi connectivity index (χ3n) is 3.66. The molecule has 0 bridgehead atoms. The second-order valence-corrected chi connectivity index (χ2v) is 5.63. The molecule has 0 aromatic carbocycles. The Morgan fingerprint density at radius 3 is 2.36 bits per heavy atom. The van der Waals surface area contributed by atoms with Crippen LogP contribution in [-0.4, -0.2) is 30.4 Å². The fourth-order valence-corrected chi connectivity index (χ4v) is 2.28. The molecule has 1 saturated heterocycles. The summed E-state index contributed by atoms with van der Waals surface area (Å²) in [6, 6.07) is 0. The van der Waals surface area contributed by atoms with Crippen LogP contribution in [-0.2, 0) is 4.79 Å². The van der Waals surface area contributed by atoms with E-state index in [1.165, 1.54) is 0 Å². The Morgan fingerprint density at radius 1 is 1.36 bits per heavy atom. The van der Waals surface area contributed by atoms with Crippen LogP contribution in [0.15, 0.2) is 0 Å². The Morgan fingerprint density at radius 2 is 2.00 bits per heavy atom. The number of nitrogens with zero attached hydrogens (tertiary/aromatic N) is 1.